The summed E-state index contributed by atoms with van der Waals surface area (Å²) in [5.41, 5.74) is 3.03. The average molecular weight is 288 g/mol. The van der Waals surface area contributed by atoms with E-state index in [0.29, 0.717) is 5.95 Å². The van der Waals surface area contributed by atoms with Crippen molar-refractivity contribution in [2.75, 3.05) is 23.7 Å². The Morgan fingerprint density at radius 3 is 2.62 bits per heavy atom. The Labute approximate surface area is 124 Å². The van der Waals surface area contributed by atoms with Crippen LogP contribution in [-0.4, -0.2) is 23.1 Å². The molecule has 0 atom stereocenters. The van der Waals surface area contributed by atoms with Crippen LogP contribution in [-0.2, 0) is 6.42 Å². The van der Waals surface area contributed by atoms with Crippen LogP contribution in [0.4, 0.5) is 16.2 Å². The Balaban J connectivity index is 1.96. The van der Waals surface area contributed by atoms with Gasteiger partial charge in [0.25, 0.3) is 0 Å². The maximum Gasteiger partial charge on any atom is 0.224 e. The van der Waals surface area contributed by atoms with E-state index in [-0.39, 0.29) is 5.82 Å². The Bertz CT molecular complexity index is 613. The van der Waals surface area contributed by atoms with Crippen molar-refractivity contribution >= 4 is 11.8 Å². The number of aryl methyl sites for hydroxylation is 2. The van der Waals surface area contributed by atoms with E-state index in [0.717, 1.165) is 42.1 Å². The number of aromatic nitrogens is 2. The van der Waals surface area contributed by atoms with Crippen LogP contribution in [0.5, 0.6) is 0 Å². The molecule has 0 aliphatic heterocycles. The molecule has 0 spiro atoms. The summed E-state index contributed by atoms with van der Waals surface area (Å²) in [4.78, 5) is 8.71. The van der Waals surface area contributed by atoms with Crippen molar-refractivity contribution in [2.45, 2.75) is 27.2 Å². The zero-order chi connectivity index (χ0) is 15.2. The fraction of sp³-hybridized carbons (Fsp3) is 0.375. The number of nitrogens with zero attached hydrogens (tertiary/aromatic N) is 2. The molecular weight excluding hydrogens is 267 g/mol. The third-order valence-electron chi connectivity index (χ3n) is 3.19. The van der Waals surface area contributed by atoms with Crippen molar-refractivity contribution in [1.82, 2.24) is 9.97 Å². The second kappa shape index (κ2) is 7.02. The van der Waals surface area contributed by atoms with Crippen molar-refractivity contribution in [1.29, 1.82) is 0 Å². The smallest absolute Gasteiger partial charge is 0.224 e. The van der Waals surface area contributed by atoms with Gasteiger partial charge in [-0.2, -0.15) is 4.98 Å². The van der Waals surface area contributed by atoms with Crippen molar-refractivity contribution < 1.29 is 4.39 Å². The molecule has 2 N–H and O–H groups in total. The average Bonchev–Trinajstić information content (AvgIpc) is 2.41. The van der Waals surface area contributed by atoms with E-state index in [1.165, 1.54) is 6.07 Å². The van der Waals surface area contributed by atoms with E-state index in [4.69, 9.17) is 0 Å². The van der Waals surface area contributed by atoms with Crippen LogP contribution in [0.2, 0.25) is 0 Å². The first-order valence-corrected chi connectivity index (χ1v) is 7.17. The van der Waals surface area contributed by atoms with Crippen LogP contribution >= 0.6 is 0 Å². The maximum atomic E-state index is 13.1. The van der Waals surface area contributed by atoms with Gasteiger partial charge in [0.1, 0.15) is 11.6 Å². The first-order chi connectivity index (χ1) is 10.1. The van der Waals surface area contributed by atoms with Crippen LogP contribution in [0.15, 0.2) is 24.3 Å². The van der Waals surface area contributed by atoms with Crippen LogP contribution in [0.25, 0.3) is 0 Å². The molecule has 1 aromatic heterocycles. The molecule has 0 unspecified atom stereocenters. The Morgan fingerprint density at radius 1 is 1.10 bits per heavy atom. The molecule has 0 fully saturated rings. The van der Waals surface area contributed by atoms with Gasteiger partial charge < -0.3 is 10.6 Å². The fourth-order valence-corrected chi connectivity index (χ4v) is 2.16. The van der Waals surface area contributed by atoms with E-state index >= 15 is 0 Å². The standard InChI is InChI=1S/C16H21FN4/c1-4-18-16-20-12(3)10-15(21-16)19-8-7-13-5-6-14(17)9-11(13)2/h5-6,9-10H,4,7-8H2,1-3H3,(H2,18,19,20,21). The molecule has 0 saturated carbocycles. The SMILES string of the molecule is CCNc1nc(C)cc(NCCc2ccc(F)cc2C)n1. The lowest BCUT2D eigenvalue weighted by Crippen LogP contribution is -2.10. The van der Waals surface area contributed by atoms with Gasteiger partial charge in [0.15, 0.2) is 0 Å². The normalized spacial score (nSPS) is 10.5. The zero-order valence-corrected chi connectivity index (χ0v) is 12.7. The van der Waals surface area contributed by atoms with E-state index in [9.17, 15) is 4.39 Å². The number of nitrogens with one attached hydrogen (secondary N) is 2. The highest BCUT2D eigenvalue weighted by molar-refractivity contribution is 5.42. The summed E-state index contributed by atoms with van der Waals surface area (Å²) in [5, 5.41) is 6.40. The fourth-order valence-electron chi connectivity index (χ4n) is 2.16. The summed E-state index contributed by atoms with van der Waals surface area (Å²) < 4.78 is 13.1. The van der Waals surface area contributed by atoms with Gasteiger partial charge in [-0.25, -0.2) is 9.37 Å². The second-order valence-electron chi connectivity index (χ2n) is 5.00. The van der Waals surface area contributed by atoms with Gasteiger partial charge in [-0.15, -0.1) is 0 Å². The van der Waals surface area contributed by atoms with E-state index in [1.807, 2.05) is 32.9 Å². The van der Waals surface area contributed by atoms with Gasteiger partial charge in [-0.3, -0.25) is 0 Å². The molecule has 1 aromatic carbocycles. The second-order valence-corrected chi connectivity index (χ2v) is 5.00. The maximum absolute atomic E-state index is 13.1. The molecule has 5 heteroatoms. The third-order valence-corrected chi connectivity index (χ3v) is 3.19. The van der Waals surface area contributed by atoms with Gasteiger partial charge in [-0.05, 0) is 50.5 Å². The van der Waals surface area contributed by atoms with Crippen LogP contribution in [0.1, 0.15) is 23.7 Å². The van der Waals surface area contributed by atoms with E-state index in [1.54, 1.807) is 6.07 Å². The summed E-state index contributed by atoms with van der Waals surface area (Å²) in [6.45, 7) is 7.41. The highest BCUT2D eigenvalue weighted by atomic mass is 19.1. The topological polar surface area (TPSA) is 49.8 Å². The highest BCUT2D eigenvalue weighted by Gasteiger charge is 2.03. The monoisotopic (exact) mass is 288 g/mol. The van der Waals surface area contributed by atoms with Gasteiger partial charge in [-0.1, -0.05) is 6.07 Å². The number of rotatable bonds is 6. The van der Waals surface area contributed by atoms with E-state index in [2.05, 4.69) is 20.6 Å². The molecule has 112 valence electrons. The van der Waals surface area contributed by atoms with Gasteiger partial charge in [0.05, 0.1) is 0 Å². The summed E-state index contributed by atoms with van der Waals surface area (Å²) in [5.74, 6) is 1.25. The molecular formula is C16H21FN4. The third kappa shape index (κ3) is 4.41. The quantitative estimate of drug-likeness (QED) is 0.856. The largest absolute Gasteiger partial charge is 0.370 e. The first kappa shape index (κ1) is 15.2. The molecule has 2 aromatic rings. The minimum atomic E-state index is -0.189. The predicted molar refractivity (Wildman–Crippen MR) is 84.3 cm³/mol. The molecule has 0 aliphatic carbocycles. The predicted octanol–water partition coefficient (Wildman–Crippen LogP) is 3.32. The number of hydrogen-bond acceptors (Lipinski definition) is 4. The van der Waals surface area contributed by atoms with E-state index < -0.39 is 0 Å². The molecule has 0 aliphatic rings. The van der Waals surface area contributed by atoms with Crippen molar-refractivity contribution in [2.24, 2.45) is 0 Å². The summed E-state index contributed by atoms with van der Waals surface area (Å²) in [6.07, 6.45) is 0.825. The number of halogens is 1. The summed E-state index contributed by atoms with van der Waals surface area (Å²) >= 11 is 0. The summed E-state index contributed by atoms with van der Waals surface area (Å²) in [6, 6.07) is 6.81. The van der Waals surface area contributed by atoms with Crippen LogP contribution in [0, 0.1) is 19.7 Å². The lowest BCUT2D eigenvalue weighted by molar-refractivity contribution is 0.625. The number of anilines is 2. The van der Waals surface area contributed by atoms with Crippen LogP contribution in [0.3, 0.4) is 0 Å². The zero-order valence-electron chi connectivity index (χ0n) is 12.7. The molecule has 21 heavy (non-hydrogen) atoms. The lowest BCUT2D eigenvalue weighted by Gasteiger charge is -2.10. The molecule has 2 rings (SSSR count). The minimum Gasteiger partial charge on any atom is -0.370 e. The van der Waals surface area contributed by atoms with Crippen molar-refractivity contribution in [3.05, 3.63) is 46.9 Å². The molecule has 0 bridgehead atoms. The minimum absolute atomic E-state index is 0.189. The Hall–Kier alpha value is -2.17. The highest BCUT2D eigenvalue weighted by Crippen LogP contribution is 2.12. The molecule has 0 saturated heterocycles. The van der Waals surface area contributed by atoms with Gasteiger partial charge in [0, 0.05) is 24.8 Å². The van der Waals surface area contributed by atoms with Crippen LogP contribution < -0.4 is 10.6 Å². The van der Waals surface area contributed by atoms with Crippen molar-refractivity contribution in [3.63, 3.8) is 0 Å². The van der Waals surface area contributed by atoms with Crippen molar-refractivity contribution in [3.8, 4) is 0 Å². The number of hydrogen-bond donors (Lipinski definition) is 2. The molecule has 4 nitrogen and oxygen atoms in total. The summed E-state index contributed by atoms with van der Waals surface area (Å²) in [7, 11) is 0. The first-order valence-electron chi connectivity index (χ1n) is 7.17. The molecule has 1 heterocycles. The number of benzene rings is 1. The molecule has 0 amide bonds. The Kier molecular flexibility index (Phi) is 5.09. The molecule has 0 radical (unpaired) electrons. The van der Waals surface area contributed by atoms with Gasteiger partial charge >= 0.3 is 0 Å². The lowest BCUT2D eigenvalue weighted by atomic mass is 10.1. The Morgan fingerprint density at radius 2 is 1.90 bits per heavy atom. The van der Waals surface area contributed by atoms with Gasteiger partial charge in [0.2, 0.25) is 5.95 Å².